The van der Waals surface area contributed by atoms with Crippen molar-refractivity contribution in [2.24, 2.45) is 0 Å². The van der Waals surface area contributed by atoms with Crippen molar-refractivity contribution in [3.8, 4) is 0 Å². The number of hydrogen-bond acceptors (Lipinski definition) is 5. The maximum absolute atomic E-state index is 13.3. The molecule has 1 saturated heterocycles. The fourth-order valence-electron chi connectivity index (χ4n) is 4.55. The summed E-state index contributed by atoms with van der Waals surface area (Å²) in [5.74, 6) is 0. The summed E-state index contributed by atoms with van der Waals surface area (Å²) in [7, 11) is 1.79. The van der Waals surface area contributed by atoms with E-state index < -0.39 is 0 Å². The van der Waals surface area contributed by atoms with Gasteiger partial charge in [0, 0.05) is 32.8 Å². The molecular formula is C25H45N3O4. The van der Waals surface area contributed by atoms with Crippen LogP contribution >= 0.6 is 0 Å². The van der Waals surface area contributed by atoms with Crippen LogP contribution in [0, 0.1) is 0 Å². The number of aromatic nitrogens is 2. The minimum Gasteiger partial charge on any atom is -0.394 e. The zero-order valence-electron chi connectivity index (χ0n) is 20.6. The van der Waals surface area contributed by atoms with E-state index in [0.29, 0.717) is 25.1 Å². The van der Waals surface area contributed by atoms with Crippen LogP contribution in [0.4, 0.5) is 0 Å². The van der Waals surface area contributed by atoms with Gasteiger partial charge in [0.2, 0.25) is 0 Å². The van der Waals surface area contributed by atoms with E-state index >= 15 is 0 Å². The van der Waals surface area contributed by atoms with Crippen molar-refractivity contribution in [2.75, 3.05) is 13.7 Å². The third-order valence-corrected chi connectivity index (χ3v) is 6.55. The first-order valence-corrected chi connectivity index (χ1v) is 12.9. The maximum atomic E-state index is 13.3. The van der Waals surface area contributed by atoms with E-state index in [2.05, 4.69) is 13.8 Å². The van der Waals surface area contributed by atoms with Crippen LogP contribution in [-0.2, 0) is 17.9 Å². The van der Waals surface area contributed by atoms with Crippen molar-refractivity contribution in [2.45, 2.75) is 123 Å². The van der Waals surface area contributed by atoms with Gasteiger partial charge < -0.3 is 9.67 Å². The van der Waals surface area contributed by atoms with E-state index in [0.717, 1.165) is 32.1 Å². The molecule has 32 heavy (non-hydrogen) atoms. The Hall–Kier alpha value is -1.44. The molecule has 0 aliphatic carbocycles. The van der Waals surface area contributed by atoms with Crippen LogP contribution in [0.5, 0.6) is 0 Å². The van der Waals surface area contributed by atoms with Gasteiger partial charge in [0.15, 0.2) is 0 Å². The molecule has 7 heteroatoms. The summed E-state index contributed by atoms with van der Waals surface area (Å²) < 4.78 is 3.17. The second-order valence-electron chi connectivity index (χ2n) is 9.26. The average Bonchev–Trinajstić information content (AvgIpc) is 3.16. The summed E-state index contributed by atoms with van der Waals surface area (Å²) in [5, 5.41) is 11.1. The Morgan fingerprint density at radius 2 is 1.47 bits per heavy atom. The molecule has 0 spiro atoms. The highest BCUT2D eigenvalue weighted by Gasteiger charge is 2.34. The fourth-order valence-corrected chi connectivity index (χ4v) is 4.55. The van der Waals surface area contributed by atoms with Crippen LogP contribution in [0.25, 0.3) is 0 Å². The molecule has 1 aromatic heterocycles. The van der Waals surface area contributed by atoms with Crippen LogP contribution < -0.4 is 11.2 Å². The number of rotatable bonds is 16. The van der Waals surface area contributed by atoms with Crippen molar-refractivity contribution in [3.05, 3.63) is 32.6 Å². The lowest BCUT2D eigenvalue weighted by Crippen LogP contribution is -2.43. The van der Waals surface area contributed by atoms with Gasteiger partial charge >= 0.3 is 5.69 Å². The number of aliphatic hydroxyl groups is 1. The summed E-state index contributed by atoms with van der Waals surface area (Å²) in [6, 6.07) is -0.244. The van der Waals surface area contributed by atoms with Gasteiger partial charge in [0.05, 0.1) is 18.2 Å². The highest BCUT2D eigenvalue weighted by molar-refractivity contribution is 5.13. The van der Waals surface area contributed by atoms with Gasteiger partial charge in [-0.3, -0.25) is 14.2 Å². The first-order chi connectivity index (χ1) is 15.5. The zero-order chi connectivity index (χ0) is 23.3. The van der Waals surface area contributed by atoms with Crippen LogP contribution in [0.2, 0.25) is 0 Å². The highest BCUT2D eigenvalue weighted by Crippen LogP contribution is 2.30. The molecule has 0 radical (unpaired) electrons. The smallest absolute Gasteiger partial charge is 0.330 e. The normalized spacial score (nSPS) is 19.1. The summed E-state index contributed by atoms with van der Waals surface area (Å²) in [4.78, 5) is 32.1. The molecule has 1 aliphatic heterocycles. The van der Waals surface area contributed by atoms with Crippen LogP contribution in [-0.4, -0.2) is 39.1 Å². The van der Waals surface area contributed by atoms with Gasteiger partial charge in [-0.1, -0.05) is 78.1 Å². The van der Waals surface area contributed by atoms with Gasteiger partial charge in [-0.2, -0.15) is 5.06 Å². The zero-order valence-corrected chi connectivity index (χ0v) is 20.6. The molecule has 0 bridgehead atoms. The Morgan fingerprint density at radius 1 is 0.906 bits per heavy atom. The molecule has 0 unspecified atom stereocenters. The third kappa shape index (κ3) is 7.85. The molecule has 0 aromatic carbocycles. The first-order valence-electron chi connectivity index (χ1n) is 12.9. The first kappa shape index (κ1) is 26.8. The highest BCUT2D eigenvalue weighted by atomic mass is 16.7. The molecule has 1 aliphatic rings. The minimum atomic E-state index is -0.310. The fraction of sp³-hybridized carbons (Fsp3) is 0.840. The number of aryl methyl sites for hydroxylation is 1. The Kier molecular flexibility index (Phi) is 12.3. The summed E-state index contributed by atoms with van der Waals surface area (Å²) >= 11 is 0. The molecule has 184 valence electrons. The predicted molar refractivity (Wildman–Crippen MR) is 129 cm³/mol. The molecule has 1 fully saturated rings. The molecule has 0 saturated carbocycles. The molecule has 7 nitrogen and oxygen atoms in total. The van der Waals surface area contributed by atoms with E-state index in [1.807, 2.05) is 0 Å². The Bertz CT molecular complexity index is 773. The second-order valence-corrected chi connectivity index (χ2v) is 9.26. The van der Waals surface area contributed by atoms with E-state index in [1.54, 1.807) is 22.9 Å². The number of unbranched alkanes of at least 4 members (excludes halogenated alkanes) is 10. The monoisotopic (exact) mass is 451 g/mol. The van der Waals surface area contributed by atoms with Gasteiger partial charge in [-0.05, 0) is 12.8 Å². The largest absolute Gasteiger partial charge is 0.394 e. The summed E-state index contributed by atoms with van der Waals surface area (Å²) in [5.41, 5.74) is 0.197. The van der Waals surface area contributed by atoms with Crippen molar-refractivity contribution in [1.82, 2.24) is 14.2 Å². The molecular weight excluding hydrogens is 406 g/mol. The molecule has 2 heterocycles. The van der Waals surface area contributed by atoms with Gasteiger partial charge in [-0.25, -0.2) is 4.79 Å². The summed E-state index contributed by atoms with van der Waals surface area (Å²) in [6.45, 7) is 5.43. The van der Waals surface area contributed by atoms with E-state index in [4.69, 9.17) is 4.84 Å². The molecule has 2 rings (SSSR count). The standard InChI is InChI=1S/C25H45N3O4/c1-4-6-8-10-12-14-16-27-19-22(23-18-21(20-29)32-26(23)3)24(30)28(25(27)31)17-15-13-11-9-7-5-2/h19,21,23,29H,4-18,20H2,1-3H3/t21-,23+/m1/s1. The lowest BCUT2D eigenvalue weighted by Gasteiger charge is -2.20. The van der Waals surface area contributed by atoms with E-state index in [-0.39, 0.29) is 30.0 Å². The van der Waals surface area contributed by atoms with Crippen molar-refractivity contribution in [3.63, 3.8) is 0 Å². The Morgan fingerprint density at radius 3 is 2.03 bits per heavy atom. The number of hydrogen-bond donors (Lipinski definition) is 1. The second kappa shape index (κ2) is 14.7. The molecule has 1 aromatic rings. The Labute approximate surface area is 193 Å². The lowest BCUT2D eigenvalue weighted by molar-refractivity contribution is -0.153. The van der Waals surface area contributed by atoms with Crippen LogP contribution in [0.3, 0.4) is 0 Å². The third-order valence-electron chi connectivity index (χ3n) is 6.55. The van der Waals surface area contributed by atoms with Crippen LogP contribution in [0.1, 0.15) is 109 Å². The van der Waals surface area contributed by atoms with Gasteiger partial charge in [0.25, 0.3) is 5.56 Å². The Balaban J connectivity index is 2.16. The average molecular weight is 452 g/mol. The molecule has 1 N–H and O–H groups in total. The quantitative estimate of drug-likeness (QED) is 0.377. The van der Waals surface area contributed by atoms with Gasteiger partial charge in [-0.15, -0.1) is 0 Å². The lowest BCUT2D eigenvalue weighted by atomic mass is 10.0. The number of aliphatic hydroxyl groups excluding tert-OH is 1. The van der Waals surface area contributed by atoms with E-state index in [1.165, 1.54) is 49.5 Å². The molecule has 0 amide bonds. The summed E-state index contributed by atoms with van der Waals surface area (Å²) in [6.07, 6.45) is 15.6. The minimum absolute atomic E-state index is 0.0792. The number of hydroxylamine groups is 2. The maximum Gasteiger partial charge on any atom is 0.330 e. The topological polar surface area (TPSA) is 76.7 Å². The molecule has 2 atom stereocenters. The predicted octanol–water partition coefficient (Wildman–Crippen LogP) is 4.40. The SMILES string of the molecule is CCCCCCCCn1cc([C@@H]2C[C@H](CO)ON2C)c(=O)n(CCCCCCCC)c1=O. The van der Waals surface area contributed by atoms with Crippen molar-refractivity contribution < 1.29 is 9.94 Å². The van der Waals surface area contributed by atoms with Crippen LogP contribution in [0.15, 0.2) is 15.8 Å². The van der Waals surface area contributed by atoms with E-state index in [9.17, 15) is 14.7 Å². The number of nitrogens with zero attached hydrogens (tertiary/aromatic N) is 3. The van der Waals surface area contributed by atoms with Crippen molar-refractivity contribution >= 4 is 0 Å². The van der Waals surface area contributed by atoms with Gasteiger partial charge in [0.1, 0.15) is 6.10 Å². The van der Waals surface area contributed by atoms with Crippen molar-refractivity contribution in [1.29, 1.82) is 0 Å².